The molecule has 1 amide bonds. The van der Waals surface area contributed by atoms with Gasteiger partial charge in [-0.05, 0) is 68.1 Å². The number of fused-ring (bicyclic) bond motifs is 1. The minimum Gasteiger partial charge on any atom is -0.446 e. The Labute approximate surface area is 251 Å². The highest BCUT2D eigenvalue weighted by atomic mass is 19.4. The van der Waals surface area contributed by atoms with Crippen molar-refractivity contribution in [1.29, 1.82) is 5.26 Å². The van der Waals surface area contributed by atoms with Crippen molar-refractivity contribution < 1.29 is 31.5 Å². The summed E-state index contributed by atoms with van der Waals surface area (Å²) in [6.45, 7) is 6.56. The number of nitrogens with one attached hydrogen (secondary N) is 1. The lowest BCUT2D eigenvalue weighted by Crippen LogP contribution is -2.44. The molecule has 1 aliphatic heterocycles. The van der Waals surface area contributed by atoms with Crippen LogP contribution in [0.5, 0.6) is 0 Å². The molecule has 0 radical (unpaired) electrons. The molecular formula is C33H29F5N4O2. The number of anilines is 1. The van der Waals surface area contributed by atoms with Crippen molar-refractivity contribution in [3.05, 3.63) is 83.4 Å². The van der Waals surface area contributed by atoms with E-state index in [-0.39, 0.29) is 22.9 Å². The predicted molar refractivity (Wildman–Crippen MR) is 157 cm³/mol. The van der Waals surface area contributed by atoms with Crippen LogP contribution < -0.4 is 10.2 Å². The number of nitrogens with zero attached hydrogens (tertiary/aromatic N) is 3. The van der Waals surface area contributed by atoms with Crippen LogP contribution in [0.4, 0.5) is 32.6 Å². The first kappa shape index (κ1) is 30.7. The van der Waals surface area contributed by atoms with Gasteiger partial charge in [0.2, 0.25) is 0 Å². The fourth-order valence-corrected chi connectivity index (χ4v) is 5.27. The summed E-state index contributed by atoms with van der Waals surface area (Å²) in [7, 11) is 0. The van der Waals surface area contributed by atoms with E-state index >= 15 is 0 Å². The van der Waals surface area contributed by atoms with Crippen LogP contribution >= 0.6 is 0 Å². The SMILES string of the molecule is CC(C)(C)NC(=O)OC1CCN(c2cc3ccc(-c4c(F)cccc4C(F)(F)F)cc3c(-c3ccc(C#N)c(F)c3)n2)CC1. The van der Waals surface area contributed by atoms with Gasteiger partial charge in [0.25, 0.3) is 0 Å². The molecule has 11 heteroatoms. The summed E-state index contributed by atoms with van der Waals surface area (Å²) < 4.78 is 76.7. The Balaban J connectivity index is 1.55. The van der Waals surface area contributed by atoms with E-state index in [1.54, 1.807) is 18.2 Å². The van der Waals surface area contributed by atoms with Gasteiger partial charge in [-0.25, -0.2) is 18.6 Å². The van der Waals surface area contributed by atoms with Crippen molar-refractivity contribution in [1.82, 2.24) is 10.3 Å². The molecule has 3 aromatic carbocycles. The molecule has 1 fully saturated rings. The molecule has 0 unspecified atom stereocenters. The van der Waals surface area contributed by atoms with E-state index in [9.17, 15) is 32.0 Å². The molecule has 0 saturated carbocycles. The molecule has 0 spiro atoms. The van der Waals surface area contributed by atoms with E-state index < -0.39 is 40.6 Å². The Morgan fingerprint density at radius 3 is 2.32 bits per heavy atom. The average molecular weight is 609 g/mol. The summed E-state index contributed by atoms with van der Waals surface area (Å²) in [5.41, 5.74) is -1.78. The summed E-state index contributed by atoms with van der Waals surface area (Å²) in [6, 6.07) is 14.7. The minimum atomic E-state index is -4.79. The highest BCUT2D eigenvalue weighted by molar-refractivity contribution is 5.99. The van der Waals surface area contributed by atoms with Crippen LogP contribution in [0.15, 0.2) is 60.7 Å². The zero-order valence-corrected chi connectivity index (χ0v) is 24.2. The van der Waals surface area contributed by atoms with Crippen molar-refractivity contribution >= 4 is 22.7 Å². The number of aromatic nitrogens is 1. The number of carbonyl (C=O) groups is 1. The first-order valence-electron chi connectivity index (χ1n) is 14.0. The van der Waals surface area contributed by atoms with Crippen molar-refractivity contribution in [2.75, 3.05) is 18.0 Å². The molecule has 0 bridgehead atoms. The number of nitriles is 1. The molecule has 4 aromatic rings. The molecule has 5 rings (SSSR count). The third-order valence-corrected chi connectivity index (χ3v) is 7.31. The lowest BCUT2D eigenvalue weighted by Gasteiger charge is -2.33. The molecule has 1 N–H and O–H groups in total. The molecule has 6 nitrogen and oxygen atoms in total. The Morgan fingerprint density at radius 2 is 1.68 bits per heavy atom. The third-order valence-electron chi connectivity index (χ3n) is 7.31. The van der Waals surface area contributed by atoms with E-state index in [4.69, 9.17) is 9.72 Å². The van der Waals surface area contributed by atoms with Crippen molar-refractivity contribution in [2.24, 2.45) is 0 Å². The van der Waals surface area contributed by atoms with Crippen molar-refractivity contribution in [3.8, 4) is 28.5 Å². The molecule has 2 heterocycles. The molecule has 44 heavy (non-hydrogen) atoms. The van der Waals surface area contributed by atoms with Gasteiger partial charge in [-0.1, -0.05) is 24.3 Å². The summed E-state index contributed by atoms with van der Waals surface area (Å²) in [4.78, 5) is 19.0. The van der Waals surface area contributed by atoms with Gasteiger partial charge in [-0.15, -0.1) is 0 Å². The van der Waals surface area contributed by atoms with Crippen molar-refractivity contribution in [3.63, 3.8) is 0 Å². The highest BCUT2D eigenvalue weighted by Gasteiger charge is 2.35. The van der Waals surface area contributed by atoms with E-state index in [1.165, 1.54) is 24.3 Å². The van der Waals surface area contributed by atoms with Crippen LogP contribution in [0.1, 0.15) is 44.7 Å². The summed E-state index contributed by atoms with van der Waals surface area (Å²) in [6.07, 6.45) is -4.53. The maximum absolute atomic E-state index is 14.9. The number of halogens is 5. The highest BCUT2D eigenvalue weighted by Crippen LogP contribution is 2.41. The van der Waals surface area contributed by atoms with Crippen LogP contribution in [0.3, 0.4) is 0 Å². The number of benzene rings is 3. The summed E-state index contributed by atoms with van der Waals surface area (Å²) >= 11 is 0. The number of hydrogen-bond acceptors (Lipinski definition) is 5. The second kappa shape index (κ2) is 11.8. The predicted octanol–water partition coefficient (Wildman–Crippen LogP) is 8.23. The fourth-order valence-electron chi connectivity index (χ4n) is 5.27. The van der Waals surface area contributed by atoms with Gasteiger partial charge in [0.1, 0.15) is 29.6 Å². The molecule has 1 aliphatic rings. The number of piperidine rings is 1. The van der Waals surface area contributed by atoms with E-state index in [0.717, 1.165) is 24.3 Å². The fraction of sp³-hybridized carbons (Fsp3) is 0.303. The van der Waals surface area contributed by atoms with Crippen molar-refractivity contribution in [2.45, 2.75) is 51.4 Å². The maximum atomic E-state index is 14.9. The molecule has 0 atom stereocenters. The van der Waals surface area contributed by atoms with Crippen LogP contribution in [0.25, 0.3) is 33.2 Å². The van der Waals surface area contributed by atoms with Gasteiger partial charge in [-0.3, -0.25) is 0 Å². The monoisotopic (exact) mass is 608 g/mol. The lowest BCUT2D eigenvalue weighted by molar-refractivity contribution is -0.137. The van der Waals surface area contributed by atoms with Gasteiger partial charge < -0.3 is 15.0 Å². The second-order valence-corrected chi connectivity index (χ2v) is 11.7. The van der Waals surface area contributed by atoms with Crippen LogP contribution in [0, 0.1) is 23.0 Å². The first-order chi connectivity index (χ1) is 20.7. The topological polar surface area (TPSA) is 78.2 Å². The number of ether oxygens (including phenoxy) is 1. The lowest BCUT2D eigenvalue weighted by atomic mass is 9.94. The van der Waals surface area contributed by atoms with E-state index in [0.29, 0.717) is 48.1 Å². The molecule has 228 valence electrons. The Morgan fingerprint density at radius 1 is 0.977 bits per heavy atom. The average Bonchev–Trinajstić information content (AvgIpc) is 2.95. The van der Waals surface area contributed by atoms with Gasteiger partial charge >= 0.3 is 12.3 Å². The number of alkyl carbamates (subject to hydrolysis) is 1. The largest absolute Gasteiger partial charge is 0.446 e. The molecular weight excluding hydrogens is 579 g/mol. The number of amides is 1. The van der Waals surface area contributed by atoms with Gasteiger partial charge in [0, 0.05) is 48.0 Å². The Hall–Kier alpha value is -4.72. The number of pyridine rings is 1. The van der Waals surface area contributed by atoms with Gasteiger partial charge in [-0.2, -0.15) is 18.4 Å². The number of hydrogen-bond donors (Lipinski definition) is 1. The molecule has 1 saturated heterocycles. The van der Waals surface area contributed by atoms with Crippen LogP contribution in [-0.4, -0.2) is 35.8 Å². The minimum absolute atomic E-state index is 0.0145. The maximum Gasteiger partial charge on any atom is 0.417 e. The Bertz CT molecular complexity index is 1770. The smallest absolute Gasteiger partial charge is 0.417 e. The zero-order chi connectivity index (χ0) is 31.8. The summed E-state index contributed by atoms with van der Waals surface area (Å²) in [5, 5.41) is 12.9. The van der Waals surface area contributed by atoms with Crippen LogP contribution in [0.2, 0.25) is 0 Å². The number of alkyl halides is 3. The molecule has 1 aromatic heterocycles. The summed E-state index contributed by atoms with van der Waals surface area (Å²) in [5.74, 6) is -1.28. The zero-order valence-electron chi connectivity index (χ0n) is 24.2. The van der Waals surface area contributed by atoms with E-state index in [2.05, 4.69) is 5.32 Å². The van der Waals surface area contributed by atoms with Gasteiger partial charge in [0.05, 0.1) is 16.8 Å². The van der Waals surface area contributed by atoms with Gasteiger partial charge in [0.15, 0.2) is 0 Å². The second-order valence-electron chi connectivity index (χ2n) is 11.7. The standard InChI is InChI=1S/C33H29F5N4O2/c1-32(2,3)41-31(43)44-23-11-13-42(14-12-23)28-17-19-7-8-20(29-25(33(36,37)38)5-4-6-26(29)34)15-24(19)30(40-28)21-9-10-22(18-39)27(35)16-21/h4-10,15-17,23H,11-14H2,1-3H3,(H,41,43). The van der Waals surface area contributed by atoms with E-state index in [1.807, 2.05) is 25.7 Å². The van der Waals surface area contributed by atoms with Crippen LogP contribution in [-0.2, 0) is 10.9 Å². The number of rotatable bonds is 4. The first-order valence-corrected chi connectivity index (χ1v) is 14.0. The number of carbonyl (C=O) groups excluding carboxylic acids is 1. The quantitative estimate of drug-likeness (QED) is 0.236. The third kappa shape index (κ3) is 6.59. The molecule has 0 aliphatic carbocycles. The Kier molecular flexibility index (Phi) is 8.21. The normalized spacial score (nSPS) is 14.4.